The van der Waals surface area contributed by atoms with E-state index in [-0.39, 0.29) is 36.1 Å². The molecular formula is C25H23F6N3O3S. The van der Waals surface area contributed by atoms with E-state index in [1.165, 1.54) is 47.3 Å². The molecule has 0 bridgehead atoms. The van der Waals surface area contributed by atoms with Gasteiger partial charge >= 0.3 is 6.18 Å². The molecule has 0 radical (unpaired) electrons. The van der Waals surface area contributed by atoms with E-state index < -0.39 is 46.3 Å². The third kappa shape index (κ3) is 6.57. The Kier molecular flexibility index (Phi) is 8.50. The van der Waals surface area contributed by atoms with Crippen molar-refractivity contribution >= 4 is 17.8 Å². The van der Waals surface area contributed by atoms with E-state index in [9.17, 15) is 31.4 Å². The molecule has 1 saturated heterocycles. The maximum absolute atomic E-state index is 14.7. The molecule has 0 amide bonds. The van der Waals surface area contributed by atoms with Crippen LogP contribution in [0.4, 0.5) is 26.3 Å². The van der Waals surface area contributed by atoms with Crippen molar-refractivity contribution in [2.75, 3.05) is 13.2 Å². The Hall–Kier alpha value is -2.87. The Balaban J connectivity index is 1.40. The van der Waals surface area contributed by atoms with Crippen LogP contribution in [0.2, 0.25) is 0 Å². The average molecular weight is 560 g/mol. The van der Waals surface area contributed by atoms with E-state index in [2.05, 4.69) is 10.1 Å². The second-order valence-electron chi connectivity index (χ2n) is 8.67. The summed E-state index contributed by atoms with van der Waals surface area (Å²) < 4.78 is 93.0. The van der Waals surface area contributed by atoms with Crippen molar-refractivity contribution in [3.63, 3.8) is 0 Å². The number of hydrogen-bond donors (Lipinski definition) is 1. The van der Waals surface area contributed by atoms with E-state index in [4.69, 9.17) is 9.47 Å². The van der Waals surface area contributed by atoms with Crippen molar-refractivity contribution in [1.82, 2.24) is 14.8 Å². The molecule has 1 aromatic heterocycles. The quantitative estimate of drug-likeness (QED) is 0.384. The van der Waals surface area contributed by atoms with Crippen LogP contribution in [-0.2, 0) is 27.8 Å². The van der Waals surface area contributed by atoms with Crippen LogP contribution in [-0.4, -0.2) is 49.9 Å². The first-order valence-corrected chi connectivity index (χ1v) is 12.3. The molecule has 2 aromatic carbocycles. The predicted molar refractivity (Wildman–Crippen MR) is 127 cm³/mol. The Morgan fingerprint density at radius 1 is 1.11 bits per heavy atom. The number of rotatable bonds is 8. The number of halogens is 6. The molecule has 13 heteroatoms. The molecule has 1 aliphatic rings. The van der Waals surface area contributed by atoms with E-state index in [1.807, 2.05) is 0 Å². The highest BCUT2D eigenvalue weighted by Crippen LogP contribution is 2.39. The fraction of sp³-hybridized carbons (Fsp3) is 0.360. The number of benzene rings is 2. The first-order valence-electron chi connectivity index (χ1n) is 11.4. The number of alkyl halides is 3. The molecule has 38 heavy (non-hydrogen) atoms. The second kappa shape index (κ2) is 11.5. The van der Waals surface area contributed by atoms with Crippen LogP contribution in [0.15, 0.2) is 55.1 Å². The Morgan fingerprint density at radius 3 is 2.45 bits per heavy atom. The normalized spacial score (nSPS) is 20.9. The van der Waals surface area contributed by atoms with Gasteiger partial charge in [0.25, 0.3) is 0 Å². The molecule has 1 aliphatic heterocycles. The number of aliphatic hydroxyl groups is 1. The Morgan fingerprint density at radius 2 is 1.84 bits per heavy atom. The van der Waals surface area contributed by atoms with Gasteiger partial charge in [0.2, 0.25) is 0 Å². The average Bonchev–Trinajstić information content (AvgIpc) is 3.36. The number of hydrogen-bond acceptors (Lipinski definition) is 6. The van der Waals surface area contributed by atoms with Crippen LogP contribution < -0.4 is 0 Å². The molecule has 0 unspecified atom stereocenters. The smallest absolute Gasteiger partial charge is 0.382 e. The molecule has 3 aromatic rings. The van der Waals surface area contributed by atoms with Crippen LogP contribution >= 0.6 is 11.8 Å². The van der Waals surface area contributed by atoms with Gasteiger partial charge in [-0.05, 0) is 24.3 Å². The maximum Gasteiger partial charge on any atom is 0.416 e. The highest BCUT2D eigenvalue weighted by atomic mass is 32.2. The minimum absolute atomic E-state index is 0.0604. The summed E-state index contributed by atoms with van der Waals surface area (Å²) in [5, 5.41) is 14.7. The van der Waals surface area contributed by atoms with Crippen LogP contribution in [0.5, 0.6) is 0 Å². The van der Waals surface area contributed by atoms with Gasteiger partial charge in [0.05, 0.1) is 30.6 Å². The van der Waals surface area contributed by atoms with Crippen LogP contribution in [0.3, 0.4) is 0 Å². The van der Waals surface area contributed by atoms with Crippen molar-refractivity contribution in [1.29, 1.82) is 0 Å². The second-order valence-corrected chi connectivity index (χ2v) is 10.3. The highest BCUT2D eigenvalue weighted by molar-refractivity contribution is 8.00. The van der Waals surface area contributed by atoms with Crippen molar-refractivity contribution in [2.45, 2.75) is 42.0 Å². The molecule has 2 atom stereocenters. The molecule has 1 fully saturated rings. The number of ether oxygens (including phenoxy) is 2. The topological polar surface area (TPSA) is 69.4 Å². The molecule has 6 nitrogen and oxygen atoms in total. The summed E-state index contributed by atoms with van der Waals surface area (Å²) in [4.78, 5) is 3.84. The molecule has 0 spiro atoms. The molecule has 204 valence electrons. The third-order valence-corrected chi connectivity index (χ3v) is 7.44. The van der Waals surface area contributed by atoms with Crippen molar-refractivity contribution < 1.29 is 40.9 Å². The van der Waals surface area contributed by atoms with Crippen LogP contribution in [0, 0.1) is 17.5 Å². The van der Waals surface area contributed by atoms with Gasteiger partial charge in [-0.15, -0.1) is 11.8 Å². The van der Waals surface area contributed by atoms with Gasteiger partial charge in [0.1, 0.15) is 35.7 Å². The summed E-state index contributed by atoms with van der Waals surface area (Å²) in [6.45, 7) is 1.85. The SMILES string of the molecule is C[C@@H](SC1COC(/C=C/c2ccc(C(F)(F)F)cc2F)OC1)[C@](O)(Cn1cncn1)c1ccc(F)cc1F. The summed E-state index contributed by atoms with van der Waals surface area (Å²) in [5.74, 6) is -2.72. The third-order valence-electron chi connectivity index (χ3n) is 5.99. The van der Waals surface area contributed by atoms with Gasteiger partial charge in [0, 0.05) is 22.4 Å². The van der Waals surface area contributed by atoms with Gasteiger partial charge in [-0.3, -0.25) is 0 Å². The summed E-state index contributed by atoms with van der Waals surface area (Å²) in [6.07, 6.45) is -0.228. The lowest BCUT2D eigenvalue weighted by Gasteiger charge is -2.37. The fourth-order valence-electron chi connectivity index (χ4n) is 3.95. The summed E-state index contributed by atoms with van der Waals surface area (Å²) in [6, 6.07) is 5.16. The predicted octanol–water partition coefficient (Wildman–Crippen LogP) is 5.18. The largest absolute Gasteiger partial charge is 0.416 e. The monoisotopic (exact) mass is 559 g/mol. The molecular weight excluding hydrogens is 536 g/mol. The van der Waals surface area contributed by atoms with E-state index >= 15 is 0 Å². The van der Waals surface area contributed by atoms with Crippen LogP contribution in [0.25, 0.3) is 6.08 Å². The summed E-state index contributed by atoms with van der Waals surface area (Å²) in [5.41, 5.74) is -3.05. The van der Waals surface area contributed by atoms with E-state index in [0.29, 0.717) is 12.1 Å². The minimum Gasteiger partial charge on any atom is -0.382 e. The van der Waals surface area contributed by atoms with Crippen molar-refractivity contribution in [3.8, 4) is 0 Å². The first kappa shape index (κ1) is 28.1. The van der Waals surface area contributed by atoms with E-state index in [0.717, 1.165) is 18.2 Å². The zero-order valence-corrected chi connectivity index (χ0v) is 20.7. The lowest BCUT2D eigenvalue weighted by molar-refractivity contribution is -0.146. The Bertz CT molecular complexity index is 1270. The zero-order chi connectivity index (χ0) is 27.5. The lowest BCUT2D eigenvalue weighted by atomic mass is 9.90. The summed E-state index contributed by atoms with van der Waals surface area (Å²) in [7, 11) is 0. The number of nitrogens with zero attached hydrogens (tertiary/aromatic N) is 3. The highest BCUT2D eigenvalue weighted by Gasteiger charge is 2.41. The molecule has 1 N–H and O–H groups in total. The zero-order valence-electron chi connectivity index (χ0n) is 19.9. The molecule has 0 aliphatic carbocycles. The fourth-order valence-corrected chi connectivity index (χ4v) is 5.27. The van der Waals surface area contributed by atoms with Gasteiger partial charge < -0.3 is 14.6 Å². The Labute approximate surface area is 218 Å². The van der Waals surface area contributed by atoms with E-state index in [1.54, 1.807) is 6.92 Å². The molecule has 0 saturated carbocycles. The standard InChI is InChI=1S/C25H23F6N3O3S/c1-15(24(35,12-34-14-32-13-33-34)20-6-5-18(26)9-22(20)28)38-19-10-36-23(37-11-19)7-3-16-2-4-17(8-21(16)27)25(29,30)31/h2-9,13-15,19,23,35H,10-12H2,1H3/b7-3+/t15-,19?,23?,24-/m1/s1. The minimum atomic E-state index is -4.65. The van der Waals surface area contributed by atoms with Gasteiger partial charge in [0.15, 0.2) is 6.29 Å². The number of thioether (sulfide) groups is 1. The van der Waals surface area contributed by atoms with Gasteiger partial charge in [-0.1, -0.05) is 25.1 Å². The number of aromatic nitrogens is 3. The first-order chi connectivity index (χ1) is 18.0. The lowest BCUT2D eigenvalue weighted by Crippen LogP contribution is -2.43. The van der Waals surface area contributed by atoms with Crippen LogP contribution in [0.1, 0.15) is 23.6 Å². The van der Waals surface area contributed by atoms with Crippen molar-refractivity contribution in [3.05, 3.63) is 89.3 Å². The maximum atomic E-state index is 14.7. The molecule has 4 rings (SSSR count). The van der Waals surface area contributed by atoms with Crippen molar-refractivity contribution in [2.24, 2.45) is 0 Å². The van der Waals surface area contributed by atoms with Gasteiger partial charge in [-0.2, -0.15) is 18.3 Å². The molecule has 2 heterocycles. The summed E-state index contributed by atoms with van der Waals surface area (Å²) >= 11 is 1.27. The van der Waals surface area contributed by atoms with Gasteiger partial charge in [-0.25, -0.2) is 22.8 Å².